The Bertz CT molecular complexity index is 657. The molecule has 0 amide bonds. The molecule has 2 unspecified atom stereocenters. The van der Waals surface area contributed by atoms with Gasteiger partial charge in [-0.05, 0) is 130 Å². The lowest BCUT2D eigenvalue weighted by Crippen LogP contribution is -2.54. The number of carbonyl (C=O) groups excluding carboxylic acids is 1. The van der Waals surface area contributed by atoms with Gasteiger partial charge in [0.1, 0.15) is 6.29 Å². The van der Waals surface area contributed by atoms with Crippen LogP contribution in [0.25, 0.3) is 0 Å². The maximum atomic E-state index is 11.0. The van der Waals surface area contributed by atoms with Gasteiger partial charge < -0.3 is 14.3 Å². The van der Waals surface area contributed by atoms with E-state index in [2.05, 4.69) is 20.8 Å². The molecule has 5 aliphatic rings. The first-order valence-corrected chi connectivity index (χ1v) is 14.2. The van der Waals surface area contributed by atoms with E-state index in [-0.39, 0.29) is 6.29 Å². The second kappa shape index (κ2) is 9.33. The minimum atomic E-state index is 0.0708. The Morgan fingerprint density at radius 3 is 2.56 bits per heavy atom. The predicted octanol–water partition coefficient (Wildman–Crippen LogP) is 7.17. The number of aldehydes is 1. The molecule has 1 saturated heterocycles. The first-order valence-electron chi connectivity index (χ1n) is 14.2. The Morgan fingerprint density at radius 2 is 1.78 bits per heavy atom. The van der Waals surface area contributed by atoms with Gasteiger partial charge in [0, 0.05) is 13.0 Å². The summed E-state index contributed by atoms with van der Waals surface area (Å²) in [4.78, 5) is 11.0. The molecule has 4 saturated carbocycles. The fourth-order valence-electron chi connectivity index (χ4n) is 9.88. The Balaban J connectivity index is 1.25. The number of ether oxygens (including phenoxy) is 2. The molecule has 0 aromatic rings. The van der Waals surface area contributed by atoms with Crippen molar-refractivity contribution in [3.63, 3.8) is 0 Å². The zero-order valence-electron chi connectivity index (χ0n) is 21.0. The van der Waals surface area contributed by atoms with Crippen LogP contribution < -0.4 is 0 Å². The maximum absolute atomic E-state index is 11.0. The van der Waals surface area contributed by atoms with Crippen molar-refractivity contribution in [3.05, 3.63) is 0 Å². The van der Waals surface area contributed by atoms with Crippen molar-refractivity contribution in [1.82, 2.24) is 0 Å². The van der Waals surface area contributed by atoms with Gasteiger partial charge in [0.05, 0.1) is 6.10 Å². The summed E-state index contributed by atoms with van der Waals surface area (Å²) in [6, 6.07) is 0. The first-order chi connectivity index (χ1) is 15.5. The molecule has 1 heterocycles. The third-order valence-corrected chi connectivity index (χ3v) is 11.6. The molecule has 10 atom stereocenters. The van der Waals surface area contributed by atoms with E-state index in [9.17, 15) is 4.79 Å². The van der Waals surface area contributed by atoms with Gasteiger partial charge in [-0.15, -0.1) is 0 Å². The Morgan fingerprint density at radius 1 is 0.969 bits per heavy atom. The summed E-state index contributed by atoms with van der Waals surface area (Å²) in [5.74, 6) is 5.17. The number of rotatable bonds is 6. The van der Waals surface area contributed by atoms with Crippen molar-refractivity contribution in [2.75, 3.05) is 6.61 Å². The predicted molar refractivity (Wildman–Crippen MR) is 128 cm³/mol. The summed E-state index contributed by atoms with van der Waals surface area (Å²) in [6.07, 6.45) is 19.5. The molecule has 0 spiro atoms. The molecule has 0 aromatic heterocycles. The van der Waals surface area contributed by atoms with Gasteiger partial charge >= 0.3 is 0 Å². The fraction of sp³-hybridized carbons (Fsp3) is 0.966. The lowest BCUT2D eigenvalue weighted by Gasteiger charge is -2.61. The van der Waals surface area contributed by atoms with Crippen LogP contribution in [0, 0.1) is 46.3 Å². The van der Waals surface area contributed by atoms with Crippen LogP contribution in [0.3, 0.4) is 0 Å². The molecule has 1 aliphatic heterocycles. The van der Waals surface area contributed by atoms with Crippen molar-refractivity contribution in [1.29, 1.82) is 0 Å². The quantitative estimate of drug-likeness (QED) is 0.322. The summed E-state index contributed by atoms with van der Waals surface area (Å²) in [5.41, 5.74) is 1.05. The van der Waals surface area contributed by atoms with Crippen LogP contribution in [-0.4, -0.2) is 25.3 Å². The van der Waals surface area contributed by atoms with Gasteiger partial charge in [-0.2, -0.15) is 0 Å². The van der Waals surface area contributed by atoms with Crippen molar-refractivity contribution in [2.45, 2.75) is 123 Å². The topological polar surface area (TPSA) is 35.5 Å². The third kappa shape index (κ3) is 4.02. The lowest BCUT2D eigenvalue weighted by atomic mass is 9.44. The Labute approximate surface area is 196 Å². The minimum absolute atomic E-state index is 0.0708. The third-order valence-electron chi connectivity index (χ3n) is 11.6. The fourth-order valence-corrected chi connectivity index (χ4v) is 9.88. The van der Waals surface area contributed by atoms with E-state index in [1.54, 1.807) is 0 Å². The normalized spacial score (nSPS) is 49.5. The molecule has 0 bridgehead atoms. The molecule has 32 heavy (non-hydrogen) atoms. The highest BCUT2D eigenvalue weighted by atomic mass is 16.7. The number of fused-ring (bicyclic) bond motifs is 5. The van der Waals surface area contributed by atoms with E-state index in [0.717, 1.165) is 61.7 Å². The molecule has 3 heteroatoms. The number of hydrogen-bond donors (Lipinski definition) is 0. The molecule has 5 fully saturated rings. The SMILES string of the molecule is C[C@H](CCC=O)[C@H]1CC[C@H]2[C@@H]3CC[C@H]4CC(OC5CCCCO5)CC[C@]4(C)[C@H]3CC[C@]12C. The molecule has 5 rings (SSSR count). The Kier molecular flexibility index (Phi) is 6.80. The largest absolute Gasteiger partial charge is 0.353 e. The van der Waals surface area contributed by atoms with Gasteiger partial charge in [-0.1, -0.05) is 20.8 Å². The maximum Gasteiger partial charge on any atom is 0.157 e. The molecular formula is C29H48O3. The van der Waals surface area contributed by atoms with Crippen LogP contribution in [-0.2, 0) is 14.3 Å². The lowest BCUT2D eigenvalue weighted by molar-refractivity contribution is -0.212. The zero-order chi connectivity index (χ0) is 22.3. The molecule has 0 radical (unpaired) electrons. The zero-order valence-corrected chi connectivity index (χ0v) is 21.0. The average Bonchev–Trinajstić information content (AvgIpc) is 3.16. The molecule has 0 N–H and O–H groups in total. The van der Waals surface area contributed by atoms with Crippen molar-refractivity contribution < 1.29 is 14.3 Å². The van der Waals surface area contributed by atoms with E-state index in [4.69, 9.17) is 9.47 Å². The second-order valence-electron chi connectivity index (χ2n) is 12.9. The smallest absolute Gasteiger partial charge is 0.157 e. The summed E-state index contributed by atoms with van der Waals surface area (Å²) in [6.45, 7) is 8.64. The van der Waals surface area contributed by atoms with Gasteiger partial charge in [0.2, 0.25) is 0 Å². The van der Waals surface area contributed by atoms with Gasteiger partial charge in [-0.25, -0.2) is 0 Å². The second-order valence-corrected chi connectivity index (χ2v) is 12.9. The summed E-state index contributed by atoms with van der Waals surface area (Å²) in [5, 5.41) is 0. The van der Waals surface area contributed by atoms with E-state index in [1.807, 2.05) is 0 Å². The van der Waals surface area contributed by atoms with Crippen LogP contribution >= 0.6 is 0 Å². The highest BCUT2D eigenvalue weighted by molar-refractivity contribution is 5.49. The minimum Gasteiger partial charge on any atom is -0.353 e. The molecule has 0 aromatic carbocycles. The number of carbonyl (C=O) groups is 1. The standard InChI is InChI=1S/C29H48O3/c1-20(7-6-17-30)24-11-12-25-23-10-9-21-19-22(32-27-8-4-5-18-31-27)13-15-28(21,2)26(23)14-16-29(24,25)3/h17,20-27H,4-16,18-19H2,1-3H3/t20-,21+,22?,23+,24-,25+,26+,27?,28+,29-/m1/s1. The molecule has 4 aliphatic carbocycles. The van der Waals surface area contributed by atoms with E-state index in [0.29, 0.717) is 22.9 Å². The van der Waals surface area contributed by atoms with Gasteiger partial charge in [-0.3, -0.25) is 0 Å². The summed E-state index contributed by atoms with van der Waals surface area (Å²) >= 11 is 0. The van der Waals surface area contributed by atoms with E-state index in [1.165, 1.54) is 70.6 Å². The molecule has 182 valence electrons. The Hall–Kier alpha value is -0.410. The van der Waals surface area contributed by atoms with Crippen molar-refractivity contribution in [3.8, 4) is 0 Å². The van der Waals surface area contributed by atoms with E-state index < -0.39 is 0 Å². The number of hydrogen-bond acceptors (Lipinski definition) is 3. The van der Waals surface area contributed by atoms with Crippen LogP contribution in [0.4, 0.5) is 0 Å². The first kappa shape index (κ1) is 23.3. The van der Waals surface area contributed by atoms with Crippen LogP contribution in [0.2, 0.25) is 0 Å². The van der Waals surface area contributed by atoms with Crippen LogP contribution in [0.5, 0.6) is 0 Å². The highest BCUT2D eigenvalue weighted by Gasteiger charge is 2.60. The monoisotopic (exact) mass is 444 g/mol. The van der Waals surface area contributed by atoms with E-state index >= 15 is 0 Å². The van der Waals surface area contributed by atoms with Gasteiger partial charge in [0.25, 0.3) is 0 Å². The molecule has 3 nitrogen and oxygen atoms in total. The van der Waals surface area contributed by atoms with Crippen LogP contribution in [0.1, 0.15) is 111 Å². The van der Waals surface area contributed by atoms with Gasteiger partial charge in [0.15, 0.2) is 6.29 Å². The average molecular weight is 445 g/mol. The summed E-state index contributed by atoms with van der Waals surface area (Å²) < 4.78 is 12.4. The van der Waals surface area contributed by atoms with Crippen molar-refractivity contribution >= 4 is 6.29 Å². The highest BCUT2D eigenvalue weighted by Crippen LogP contribution is 2.68. The van der Waals surface area contributed by atoms with Crippen molar-refractivity contribution in [2.24, 2.45) is 46.3 Å². The molecular weight excluding hydrogens is 396 g/mol. The van der Waals surface area contributed by atoms with Crippen LogP contribution in [0.15, 0.2) is 0 Å². The summed E-state index contributed by atoms with van der Waals surface area (Å²) in [7, 11) is 0.